The molecule has 1 N–H and O–H groups in total. The van der Waals surface area contributed by atoms with Crippen molar-refractivity contribution in [3.63, 3.8) is 0 Å². The minimum atomic E-state index is -3.07. The zero-order chi connectivity index (χ0) is 14.9. The third-order valence-electron chi connectivity index (χ3n) is 3.54. The van der Waals surface area contributed by atoms with Gasteiger partial charge >= 0.3 is 5.69 Å². The molecule has 0 spiro atoms. The Morgan fingerprint density at radius 1 is 1.55 bits per heavy atom. The highest BCUT2D eigenvalue weighted by molar-refractivity contribution is 7.92. The summed E-state index contributed by atoms with van der Waals surface area (Å²) in [7, 11) is -3.07. The molecule has 1 saturated heterocycles. The predicted molar refractivity (Wildman–Crippen MR) is 74.6 cm³/mol. The van der Waals surface area contributed by atoms with Crippen LogP contribution in [0.2, 0.25) is 0 Å². The summed E-state index contributed by atoms with van der Waals surface area (Å²) in [4.78, 5) is 10.6. The minimum Gasteiger partial charge on any atom is -0.363 e. The van der Waals surface area contributed by atoms with Gasteiger partial charge < -0.3 is 5.32 Å². The van der Waals surface area contributed by atoms with Gasteiger partial charge in [0.25, 0.3) is 0 Å². The fourth-order valence-electron chi connectivity index (χ4n) is 2.49. The Hall–Kier alpha value is -1.64. The van der Waals surface area contributed by atoms with Gasteiger partial charge in [-0.15, -0.1) is 0 Å². The summed E-state index contributed by atoms with van der Waals surface area (Å²) in [6.45, 7) is 4.07. The van der Waals surface area contributed by atoms with Crippen LogP contribution in [-0.2, 0) is 16.4 Å². The van der Waals surface area contributed by atoms with Crippen LogP contribution in [0.4, 0.5) is 11.5 Å². The van der Waals surface area contributed by atoms with Crippen LogP contribution in [0.15, 0.2) is 0 Å². The summed E-state index contributed by atoms with van der Waals surface area (Å²) in [6.07, 6.45) is 1.26. The second kappa shape index (κ2) is 5.39. The van der Waals surface area contributed by atoms with Crippen molar-refractivity contribution in [2.24, 2.45) is 0 Å². The molecule has 0 radical (unpaired) electrons. The molecular formula is C11H18N4O4S. The van der Waals surface area contributed by atoms with Crippen LogP contribution in [0.5, 0.6) is 0 Å². The number of aryl methyl sites for hydroxylation is 2. The van der Waals surface area contributed by atoms with E-state index in [0.29, 0.717) is 25.1 Å². The highest BCUT2D eigenvalue weighted by Crippen LogP contribution is 2.29. The summed E-state index contributed by atoms with van der Waals surface area (Å²) in [5.41, 5.74) is 0.246. The zero-order valence-electron chi connectivity index (χ0n) is 11.5. The second-order valence-corrected chi connectivity index (χ2v) is 7.27. The number of rotatable bonds is 5. The Morgan fingerprint density at radius 3 is 2.75 bits per heavy atom. The molecule has 2 rings (SSSR count). The van der Waals surface area contributed by atoms with Crippen molar-refractivity contribution >= 4 is 21.3 Å². The molecule has 1 fully saturated rings. The number of sulfone groups is 1. The first-order valence-corrected chi connectivity index (χ1v) is 8.25. The van der Waals surface area contributed by atoms with Crippen molar-refractivity contribution in [2.45, 2.75) is 38.5 Å². The number of nitrogens with one attached hydrogen (secondary N) is 1. The lowest BCUT2D eigenvalue weighted by Gasteiger charge is -2.12. The maximum absolute atomic E-state index is 11.8. The van der Waals surface area contributed by atoms with Crippen molar-refractivity contribution in [1.29, 1.82) is 0 Å². The standard InChI is InChI=1S/C11H18N4O4S/c1-3-14-11(10(15(16)17)8(2)13-14)12-7-9-5-4-6-20(9,18)19/h9,12H,3-7H2,1-2H3. The van der Waals surface area contributed by atoms with Gasteiger partial charge in [-0.3, -0.25) is 10.1 Å². The van der Waals surface area contributed by atoms with Crippen LogP contribution in [0.1, 0.15) is 25.5 Å². The lowest BCUT2D eigenvalue weighted by molar-refractivity contribution is -0.384. The number of aromatic nitrogens is 2. The largest absolute Gasteiger partial charge is 0.363 e. The summed E-state index contributed by atoms with van der Waals surface area (Å²) < 4.78 is 25.0. The summed E-state index contributed by atoms with van der Waals surface area (Å²) in [5, 5.41) is 17.6. The van der Waals surface area contributed by atoms with Crippen molar-refractivity contribution in [3.05, 3.63) is 15.8 Å². The van der Waals surface area contributed by atoms with Crippen molar-refractivity contribution in [2.75, 3.05) is 17.6 Å². The summed E-state index contributed by atoms with van der Waals surface area (Å²) >= 11 is 0. The number of nitrogens with zero attached hydrogens (tertiary/aromatic N) is 3. The van der Waals surface area contributed by atoms with Crippen molar-refractivity contribution in [1.82, 2.24) is 9.78 Å². The normalized spacial score (nSPS) is 21.0. The molecule has 112 valence electrons. The van der Waals surface area contributed by atoms with E-state index in [4.69, 9.17) is 0 Å². The fraction of sp³-hybridized carbons (Fsp3) is 0.727. The molecule has 0 aliphatic carbocycles. The third kappa shape index (κ3) is 2.62. The molecule has 1 aliphatic rings. The number of hydrogen-bond acceptors (Lipinski definition) is 6. The lowest BCUT2D eigenvalue weighted by Crippen LogP contribution is -2.26. The average Bonchev–Trinajstić information content (AvgIpc) is 2.85. The lowest BCUT2D eigenvalue weighted by atomic mass is 10.2. The third-order valence-corrected chi connectivity index (χ3v) is 5.81. The van der Waals surface area contributed by atoms with Crippen LogP contribution >= 0.6 is 0 Å². The second-order valence-electron chi connectivity index (χ2n) is 4.87. The highest BCUT2D eigenvalue weighted by Gasteiger charge is 2.32. The summed E-state index contributed by atoms with van der Waals surface area (Å²) in [5.74, 6) is 0.491. The molecule has 1 aliphatic heterocycles. The molecular weight excluding hydrogens is 284 g/mol. The van der Waals surface area contributed by atoms with Gasteiger partial charge in [0, 0.05) is 13.1 Å². The van der Waals surface area contributed by atoms with Crippen LogP contribution in [0, 0.1) is 17.0 Å². The van der Waals surface area contributed by atoms with Gasteiger partial charge in [-0.25, -0.2) is 13.1 Å². The molecule has 0 saturated carbocycles. The van der Waals surface area contributed by atoms with E-state index >= 15 is 0 Å². The van der Waals surface area contributed by atoms with E-state index in [0.717, 1.165) is 0 Å². The number of nitro groups is 1. The Morgan fingerprint density at radius 2 is 2.25 bits per heavy atom. The van der Waals surface area contributed by atoms with Gasteiger partial charge in [-0.2, -0.15) is 5.10 Å². The van der Waals surface area contributed by atoms with Crippen molar-refractivity contribution in [3.8, 4) is 0 Å². The van der Waals surface area contributed by atoms with Gasteiger partial charge in [-0.1, -0.05) is 0 Å². The Kier molecular flexibility index (Phi) is 3.98. The van der Waals surface area contributed by atoms with E-state index in [1.807, 2.05) is 6.92 Å². The van der Waals surface area contributed by atoms with Gasteiger partial charge in [0.2, 0.25) is 5.82 Å². The van der Waals surface area contributed by atoms with Crippen LogP contribution in [0.25, 0.3) is 0 Å². The molecule has 9 heteroatoms. The fourth-order valence-corrected chi connectivity index (χ4v) is 4.26. The van der Waals surface area contributed by atoms with Crippen molar-refractivity contribution < 1.29 is 13.3 Å². The van der Waals surface area contributed by atoms with E-state index in [9.17, 15) is 18.5 Å². The topological polar surface area (TPSA) is 107 Å². The number of anilines is 1. The zero-order valence-corrected chi connectivity index (χ0v) is 12.3. The van der Waals surface area contributed by atoms with Crippen LogP contribution < -0.4 is 5.32 Å². The first kappa shape index (κ1) is 14.8. The summed E-state index contributed by atoms with van der Waals surface area (Å²) in [6, 6.07) is 0. The van der Waals surface area contributed by atoms with E-state index in [1.54, 1.807) is 6.92 Å². The maximum Gasteiger partial charge on any atom is 0.333 e. The maximum atomic E-state index is 11.8. The minimum absolute atomic E-state index is 0.0813. The monoisotopic (exact) mass is 302 g/mol. The van der Waals surface area contributed by atoms with Gasteiger partial charge in [0.1, 0.15) is 5.69 Å². The Bertz CT molecular complexity index is 623. The smallest absolute Gasteiger partial charge is 0.333 e. The molecule has 1 atom stereocenters. The molecule has 20 heavy (non-hydrogen) atoms. The average molecular weight is 302 g/mol. The van der Waals surface area contributed by atoms with Gasteiger partial charge in [0.15, 0.2) is 9.84 Å². The molecule has 0 amide bonds. The SMILES string of the molecule is CCn1nc(C)c([N+](=O)[O-])c1NCC1CCCS1(=O)=O. The van der Waals surface area contributed by atoms with E-state index < -0.39 is 20.0 Å². The van der Waals surface area contributed by atoms with Crippen LogP contribution in [-0.4, -0.2) is 40.7 Å². The predicted octanol–water partition coefficient (Wildman–Crippen LogP) is 1.11. The molecule has 2 heterocycles. The van der Waals surface area contributed by atoms with E-state index in [2.05, 4.69) is 10.4 Å². The van der Waals surface area contributed by atoms with Gasteiger partial charge in [-0.05, 0) is 26.7 Å². The van der Waals surface area contributed by atoms with E-state index in [1.165, 1.54) is 4.68 Å². The quantitative estimate of drug-likeness (QED) is 0.645. The molecule has 8 nitrogen and oxygen atoms in total. The van der Waals surface area contributed by atoms with E-state index in [-0.39, 0.29) is 23.8 Å². The molecule has 1 aromatic rings. The Labute approximate surface area is 117 Å². The first-order chi connectivity index (χ1) is 9.36. The van der Waals surface area contributed by atoms with Gasteiger partial charge in [0.05, 0.1) is 15.9 Å². The van der Waals surface area contributed by atoms with Crippen LogP contribution in [0.3, 0.4) is 0 Å². The number of hydrogen-bond donors (Lipinski definition) is 1. The molecule has 0 bridgehead atoms. The first-order valence-electron chi connectivity index (χ1n) is 6.54. The molecule has 1 unspecified atom stereocenters. The molecule has 1 aromatic heterocycles. The highest BCUT2D eigenvalue weighted by atomic mass is 32.2. The molecule has 0 aromatic carbocycles. The Balaban J connectivity index is 2.23.